The number of unbranched alkanes of at least 4 members (excludes halogenated alkanes) is 1. The van der Waals surface area contributed by atoms with Crippen molar-refractivity contribution in [2.75, 3.05) is 0 Å². The van der Waals surface area contributed by atoms with Gasteiger partial charge in [0.05, 0.1) is 0 Å². The number of hydrogen-bond donors (Lipinski definition) is 0. The van der Waals surface area contributed by atoms with Gasteiger partial charge < -0.3 is 0 Å². The lowest BCUT2D eigenvalue weighted by molar-refractivity contribution is 0.793. The molecule has 10 heavy (non-hydrogen) atoms. The maximum atomic E-state index is 2.32. The number of hydrogen-bond acceptors (Lipinski definition) is 0. The summed E-state index contributed by atoms with van der Waals surface area (Å²) in [5.41, 5.74) is 1.52. The van der Waals surface area contributed by atoms with Crippen LogP contribution in [0.3, 0.4) is 0 Å². The first-order valence-corrected chi connectivity index (χ1v) is 4.12. The van der Waals surface area contributed by atoms with Crippen LogP contribution in [0.5, 0.6) is 0 Å². The number of rotatable bonds is 3. The molecule has 0 aromatic rings. The summed E-state index contributed by atoms with van der Waals surface area (Å²) >= 11 is 0. The van der Waals surface area contributed by atoms with Gasteiger partial charge in [0, 0.05) is 0 Å². The highest BCUT2D eigenvalue weighted by Crippen LogP contribution is 2.14. The van der Waals surface area contributed by atoms with E-state index in [1.165, 1.54) is 24.8 Å². The molecular formula is C10H15. The maximum Gasteiger partial charge on any atom is -0.0129 e. The second kappa shape index (κ2) is 4.32. The molecule has 1 radical (unpaired) electrons. The van der Waals surface area contributed by atoms with Gasteiger partial charge in [-0.05, 0) is 25.7 Å². The van der Waals surface area contributed by atoms with Gasteiger partial charge in [0.15, 0.2) is 0 Å². The van der Waals surface area contributed by atoms with Crippen LogP contribution in [0.2, 0.25) is 0 Å². The predicted octanol–water partition coefficient (Wildman–Crippen LogP) is 3.27. The fourth-order valence-corrected chi connectivity index (χ4v) is 1.12. The summed E-state index contributed by atoms with van der Waals surface area (Å²) in [5, 5.41) is 0. The van der Waals surface area contributed by atoms with E-state index in [1.54, 1.807) is 0 Å². The van der Waals surface area contributed by atoms with Crippen molar-refractivity contribution in [1.29, 1.82) is 0 Å². The van der Waals surface area contributed by atoms with Gasteiger partial charge in [0.1, 0.15) is 0 Å². The summed E-state index contributed by atoms with van der Waals surface area (Å²) < 4.78 is 0. The highest BCUT2D eigenvalue weighted by Gasteiger charge is 1.95. The molecule has 1 aliphatic carbocycles. The molecule has 0 unspecified atom stereocenters. The van der Waals surface area contributed by atoms with E-state index in [0.29, 0.717) is 0 Å². The Morgan fingerprint density at radius 2 is 2.40 bits per heavy atom. The fourth-order valence-electron chi connectivity index (χ4n) is 1.12. The Kier molecular flexibility index (Phi) is 3.28. The first kappa shape index (κ1) is 7.59. The molecule has 0 N–H and O–H groups in total. The third kappa shape index (κ3) is 2.38. The first-order valence-electron chi connectivity index (χ1n) is 4.12. The lowest BCUT2D eigenvalue weighted by atomic mass is 10.0. The van der Waals surface area contributed by atoms with Crippen LogP contribution in [0.1, 0.15) is 32.6 Å². The fraction of sp³-hybridized carbons (Fsp3) is 0.500. The zero-order chi connectivity index (χ0) is 7.23. The third-order valence-corrected chi connectivity index (χ3v) is 1.78. The van der Waals surface area contributed by atoms with Gasteiger partial charge in [-0.15, -0.1) is 0 Å². The minimum Gasteiger partial charge on any atom is -0.0807 e. The van der Waals surface area contributed by atoms with Crippen LogP contribution in [0.25, 0.3) is 0 Å². The minimum atomic E-state index is 1.13. The lowest BCUT2D eigenvalue weighted by Gasteiger charge is -2.04. The van der Waals surface area contributed by atoms with E-state index in [2.05, 4.69) is 31.6 Å². The third-order valence-electron chi connectivity index (χ3n) is 1.78. The molecule has 1 rings (SSSR count). The van der Waals surface area contributed by atoms with Crippen LogP contribution in [0, 0.1) is 6.42 Å². The van der Waals surface area contributed by atoms with Crippen molar-refractivity contribution in [3.8, 4) is 0 Å². The van der Waals surface area contributed by atoms with Crippen molar-refractivity contribution >= 4 is 0 Å². The molecule has 0 aliphatic heterocycles. The van der Waals surface area contributed by atoms with Crippen molar-refractivity contribution in [3.63, 3.8) is 0 Å². The summed E-state index contributed by atoms with van der Waals surface area (Å²) in [4.78, 5) is 0. The molecule has 0 fully saturated rings. The van der Waals surface area contributed by atoms with Gasteiger partial charge in [-0.1, -0.05) is 37.1 Å². The van der Waals surface area contributed by atoms with Crippen LogP contribution in [-0.4, -0.2) is 0 Å². The first-order chi connectivity index (χ1) is 4.93. The molecule has 0 saturated carbocycles. The van der Waals surface area contributed by atoms with Crippen LogP contribution >= 0.6 is 0 Å². The molecule has 0 bridgehead atoms. The highest BCUT2D eigenvalue weighted by molar-refractivity contribution is 5.26. The monoisotopic (exact) mass is 135 g/mol. The summed E-state index contributed by atoms with van der Waals surface area (Å²) in [6.07, 6.45) is 13.9. The molecule has 0 nitrogen and oxygen atoms in total. The van der Waals surface area contributed by atoms with E-state index in [9.17, 15) is 0 Å². The smallest absolute Gasteiger partial charge is 0.0129 e. The van der Waals surface area contributed by atoms with Crippen molar-refractivity contribution in [1.82, 2.24) is 0 Å². The van der Waals surface area contributed by atoms with E-state index in [0.717, 1.165) is 6.42 Å². The average molecular weight is 135 g/mol. The van der Waals surface area contributed by atoms with Crippen molar-refractivity contribution < 1.29 is 0 Å². The summed E-state index contributed by atoms with van der Waals surface area (Å²) in [7, 11) is 0. The standard InChI is InChI=1S/C10H15/c1-2-3-7-10-8-5-4-6-9-10/h4-5,8-9H,2-3,6-7H2,1H3. The topological polar surface area (TPSA) is 0 Å². The Hall–Kier alpha value is -0.520. The molecule has 0 saturated heterocycles. The summed E-state index contributed by atoms with van der Waals surface area (Å²) in [5.74, 6) is 0. The number of allylic oxidation sites excluding steroid dienone is 4. The average Bonchev–Trinajstić information content (AvgIpc) is 2.03. The zero-order valence-corrected chi connectivity index (χ0v) is 6.64. The second-order valence-electron chi connectivity index (χ2n) is 2.71. The quantitative estimate of drug-likeness (QED) is 0.557. The van der Waals surface area contributed by atoms with Crippen molar-refractivity contribution in [3.05, 3.63) is 30.2 Å². The molecule has 0 heteroatoms. The zero-order valence-electron chi connectivity index (χ0n) is 6.64. The van der Waals surface area contributed by atoms with Gasteiger partial charge in [0.2, 0.25) is 0 Å². The molecule has 0 aromatic carbocycles. The Bertz CT molecular complexity index is 140. The summed E-state index contributed by atoms with van der Waals surface area (Å²) in [6, 6.07) is 0. The van der Waals surface area contributed by atoms with Gasteiger partial charge in [0.25, 0.3) is 0 Å². The van der Waals surface area contributed by atoms with Crippen LogP contribution in [0.15, 0.2) is 23.8 Å². The van der Waals surface area contributed by atoms with Gasteiger partial charge in [-0.2, -0.15) is 0 Å². The Morgan fingerprint density at radius 3 is 3.00 bits per heavy atom. The molecule has 0 spiro atoms. The molecule has 1 aliphatic rings. The van der Waals surface area contributed by atoms with Crippen LogP contribution in [0.4, 0.5) is 0 Å². The Morgan fingerprint density at radius 1 is 1.50 bits per heavy atom. The predicted molar refractivity (Wildman–Crippen MR) is 45.7 cm³/mol. The maximum absolute atomic E-state index is 2.32. The molecule has 0 atom stereocenters. The van der Waals surface area contributed by atoms with Gasteiger partial charge >= 0.3 is 0 Å². The van der Waals surface area contributed by atoms with E-state index in [-0.39, 0.29) is 0 Å². The molecule has 0 aromatic heterocycles. The normalized spacial score (nSPS) is 17.1. The van der Waals surface area contributed by atoms with Crippen molar-refractivity contribution in [2.45, 2.75) is 32.6 Å². The summed E-state index contributed by atoms with van der Waals surface area (Å²) in [6.45, 7) is 2.24. The van der Waals surface area contributed by atoms with Gasteiger partial charge in [-0.3, -0.25) is 0 Å². The van der Waals surface area contributed by atoms with Crippen LogP contribution in [-0.2, 0) is 0 Å². The molecule has 55 valence electrons. The molecule has 0 amide bonds. The van der Waals surface area contributed by atoms with E-state index in [4.69, 9.17) is 0 Å². The Balaban J connectivity index is 2.26. The largest absolute Gasteiger partial charge is 0.0807 e. The SMILES string of the molecule is CCCCC1=CC[CH]C=C1. The van der Waals surface area contributed by atoms with Crippen molar-refractivity contribution in [2.24, 2.45) is 0 Å². The van der Waals surface area contributed by atoms with Crippen LogP contribution < -0.4 is 0 Å². The van der Waals surface area contributed by atoms with E-state index < -0.39 is 0 Å². The molecule has 0 heterocycles. The lowest BCUT2D eigenvalue weighted by Crippen LogP contribution is -1.84. The Labute approximate surface area is 63.6 Å². The molecular weight excluding hydrogens is 120 g/mol. The van der Waals surface area contributed by atoms with E-state index >= 15 is 0 Å². The highest BCUT2D eigenvalue weighted by atomic mass is 14.0. The second-order valence-corrected chi connectivity index (χ2v) is 2.71. The minimum absolute atomic E-state index is 1.13. The van der Waals surface area contributed by atoms with E-state index in [1.807, 2.05) is 0 Å². The van der Waals surface area contributed by atoms with Gasteiger partial charge in [-0.25, -0.2) is 0 Å².